The third-order valence-corrected chi connectivity index (χ3v) is 2.56. The predicted molar refractivity (Wildman–Crippen MR) is 57.8 cm³/mol. The maximum Gasteiger partial charge on any atom is 0.150 e. The first-order valence-corrected chi connectivity index (χ1v) is 5.15. The minimum Gasteiger partial charge on any atom is -0.373 e. The standard InChI is InChI=1S/C10H16N4O/c1-8-10(13-3-2-12-8)14-4-5-15-9(6-11)7-14/h2-3,9H,4-7,11H2,1H3. The van der Waals surface area contributed by atoms with Crippen molar-refractivity contribution in [2.75, 3.05) is 31.1 Å². The Morgan fingerprint density at radius 3 is 3.07 bits per heavy atom. The van der Waals surface area contributed by atoms with Crippen molar-refractivity contribution >= 4 is 5.82 Å². The van der Waals surface area contributed by atoms with Gasteiger partial charge in [0.1, 0.15) is 5.82 Å². The van der Waals surface area contributed by atoms with E-state index in [1.54, 1.807) is 12.4 Å². The van der Waals surface area contributed by atoms with Crippen molar-refractivity contribution < 1.29 is 4.74 Å². The normalized spacial score (nSPS) is 21.7. The molecule has 0 spiro atoms. The highest BCUT2D eigenvalue weighted by atomic mass is 16.5. The summed E-state index contributed by atoms with van der Waals surface area (Å²) in [5.41, 5.74) is 6.55. The van der Waals surface area contributed by atoms with Crippen molar-refractivity contribution in [3.8, 4) is 0 Å². The van der Waals surface area contributed by atoms with Crippen LogP contribution in [-0.4, -0.2) is 42.3 Å². The fourth-order valence-corrected chi connectivity index (χ4v) is 1.77. The lowest BCUT2D eigenvalue weighted by molar-refractivity contribution is 0.0462. The highest BCUT2D eigenvalue weighted by molar-refractivity contribution is 5.42. The molecule has 0 aromatic carbocycles. The third kappa shape index (κ3) is 2.24. The Kier molecular flexibility index (Phi) is 3.13. The van der Waals surface area contributed by atoms with Crippen LogP contribution in [0, 0.1) is 6.92 Å². The number of anilines is 1. The number of aryl methyl sites for hydroxylation is 1. The molecule has 2 N–H and O–H groups in total. The smallest absolute Gasteiger partial charge is 0.150 e. The number of morpholine rings is 1. The number of hydrogen-bond donors (Lipinski definition) is 1. The highest BCUT2D eigenvalue weighted by Gasteiger charge is 2.21. The van der Waals surface area contributed by atoms with E-state index < -0.39 is 0 Å². The molecule has 5 heteroatoms. The first-order chi connectivity index (χ1) is 7.31. The highest BCUT2D eigenvalue weighted by Crippen LogP contribution is 2.16. The summed E-state index contributed by atoms with van der Waals surface area (Å²) in [7, 11) is 0. The summed E-state index contributed by atoms with van der Waals surface area (Å²) in [5, 5.41) is 0. The number of aromatic nitrogens is 2. The SMILES string of the molecule is Cc1nccnc1N1CCOC(CN)C1. The molecule has 0 aliphatic carbocycles. The van der Waals surface area contributed by atoms with Gasteiger partial charge in [-0.25, -0.2) is 4.98 Å². The van der Waals surface area contributed by atoms with E-state index in [2.05, 4.69) is 14.9 Å². The Morgan fingerprint density at radius 1 is 1.53 bits per heavy atom. The van der Waals surface area contributed by atoms with Crippen LogP contribution >= 0.6 is 0 Å². The Hall–Kier alpha value is -1.20. The minimum absolute atomic E-state index is 0.111. The molecule has 1 aromatic heterocycles. The van der Waals surface area contributed by atoms with Crippen molar-refractivity contribution in [2.45, 2.75) is 13.0 Å². The molecule has 1 saturated heterocycles. The molecule has 1 atom stereocenters. The van der Waals surface area contributed by atoms with Crippen LogP contribution in [0.4, 0.5) is 5.82 Å². The summed E-state index contributed by atoms with van der Waals surface area (Å²) < 4.78 is 5.50. The molecule has 0 bridgehead atoms. The molecule has 0 amide bonds. The molecule has 82 valence electrons. The molecule has 2 heterocycles. The fourth-order valence-electron chi connectivity index (χ4n) is 1.77. The average molecular weight is 208 g/mol. The summed E-state index contributed by atoms with van der Waals surface area (Å²) in [4.78, 5) is 10.8. The number of hydrogen-bond acceptors (Lipinski definition) is 5. The summed E-state index contributed by atoms with van der Waals surface area (Å²) >= 11 is 0. The van der Waals surface area contributed by atoms with E-state index in [0.29, 0.717) is 13.2 Å². The van der Waals surface area contributed by atoms with Crippen LogP contribution in [0.25, 0.3) is 0 Å². The quantitative estimate of drug-likeness (QED) is 0.738. The van der Waals surface area contributed by atoms with Gasteiger partial charge in [0, 0.05) is 32.0 Å². The first kappa shape index (κ1) is 10.3. The van der Waals surface area contributed by atoms with Gasteiger partial charge < -0.3 is 15.4 Å². The van der Waals surface area contributed by atoms with Crippen molar-refractivity contribution in [1.82, 2.24) is 9.97 Å². The number of nitrogens with two attached hydrogens (primary N) is 1. The maximum atomic E-state index is 5.59. The first-order valence-electron chi connectivity index (χ1n) is 5.15. The maximum absolute atomic E-state index is 5.59. The van der Waals surface area contributed by atoms with Gasteiger partial charge in [0.25, 0.3) is 0 Å². The largest absolute Gasteiger partial charge is 0.373 e. The van der Waals surface area contributed by atoms with Gasteiger partial charge in [0.05, 0.1) is 18.4 Å². The molecule has 1 fully saturated rings. The lowest BCUT2D eigenvalue weighted by atomic mass is 10.2. The van der Waals surface area contributed by atoms with Crippen LogP contribution in [0.1, 0.15) is 5.69 Å². The van der Waals surface area contributed by atoms with Gasteiger partial charge in [-0.3, -0.25) is 4.98 Å². The van der Waals surface area contributed by atoms with E-state index in [1.807, 2.05) is 6.92 Å². The number of rotatable bonds is 2. The van der Waals surface area contributed by atoms with Crippen LogP contribution in [0.2, 0.25) is 0 Å². The van der Waals surface area contributed by atoms with Gasteiger partial charge in [-0.05, 0) is 6.92 Å². The molecule has 5 nitrogen and oxygen atoms in total. The zero-order valence-electron chi connectivity index (χ0n) is 8.89. The van der Waals surface area contributed by atoms with Crippen molar-refractivity contribution in [1.29, 1.82) is 0 Å². The molecule has 1 unspecified atom stereocenters. The van der Waals surface area contributed by atoms with Crippen molar-refractivity contribution in [3.63, 3.8) is 0 Å². The summed E-state index contributed by atoms with van der Waals surface area (Å²) in [5.74, 6) is 0.944. The Bertz CT molecular complexity index is 331. The van der Waals surface area contributed by atoms with E-state index in [0.717, 1.165) is 24.6 Å². The van der Waals surface area contributed by atoms with Gasteiger partial charge in [-0.2, -0.15) is 0 Å². The van der Waals surface area contributed by atoms with Gasteiger partial charge in [0.2, 0.25) is 0 Å². The second kappa shape index (κ2) is 4.55. The van der Waals surface area contributed by atoms with Crippen LogP contribution in [0.3, 0.4) is 0 Å². The van der Waals surface area contributed by atoms with E-state index >= 15 is 0 Å². The van der Waals surface area contributed by atoms with Gasteiger partial charge >= 0.3 is 0 Å². The summed E-state index contributed by atoms with van der Waals surface area (Å²) in [6.07, 6.45) is 3.54. The fraction of sp³-hybridized carbons (Fsp3) is 0.600. The third-order valence-electron chi connectivity index (χ3n) is 2.56. The topological polar surface area (TPSA) is 64.3 Å². The van der Waals surface area contributed by atoms with Crippen molar-refractivity contribution in [2.24, 2.45) is 5.73 Å². The zero-order valence-corrected chi connectivity index (χ0v) is 8.89. The Balaban J connectivity index is 2.13. The van der Waals surface area contributed by atoms with Gasteiger partial charge in [-0.15, -0.1) is 0 Å². The van der Waals surface area contributed by atoms with Crippen molar-refractivity contribution in [3.05, 3.63) is 18.1 Å². The molecule has 0 radical (unpaired) electrons. The van der Waals surface area contributed by atoms with Crippen LogP contribution in [0.15, 0.2) is 12.4 Å². The Morgan fingerprint density at radius 2 is 2.33 bits per heavy atom. The second-order valence-corrected chi connectivity index (χ2v) is 3.64. The Labute approximate surface area is 89.3 Å². The molecule has 0 saturated carbocycles. The van der Waals surface area contributed by atoms with Crippen LogP contribution in [-0.2, 0) is 4.74 Å². The molecule has 2 rings (SSSR count). The average Bonchev–Trinajstić information content (AvgIpc) is 2.30. The van der Waals surface area contributed by atoms with Crippen LogP contribution < -0.4 is 10.6 Å². The minimum atomic E-state index is 0.111. The second-order valence-electron chi connectivity index (χ2n) is 3.64. The molecule has 15 heavy (non-hydrogen) atoms. The lowest BCUT2D eigenvalue weighted by Gasteiger charge is -2.33. The number of nitrogens with zero attached hydrogens (tertiary/aromatic N) is 3. The van der Waals surface area contributed by atoms with Gasteiger partial charge in [-0.1, -0.05) is 0 Å². The van der Waals surface area contributed by atoms with Crippen LogP contribution in [0.5, 0.6) is 0 Å². The van der Waals surface area contributed by atoms with E-state index in [4.69, 9.17) is 10.5 Å². The molecular formula is C10H16N4O. The molecular weight excluding hydrogens is 192 g/mol. The van der Waals surface area contributed by atoms with E-state index in [-0.39, 0.29) is 6.10 Å². The van der Waals surface area contributed by atoms with E-state index in [9.17, 15) is 0 Å². The zero-order chi connectivity index (χ0) is 10.7. The molecule has 1 aromatic rings. The lowest BCUT2D eigenvalue weighted by Crippen LogP contribution is -2.46. The summed E-state index contributed by atoms with van der Waals surface area (Å²) in [6, 6.07) is 0. The predicted octanol–water partition coefficient (Wildman–Crippen LogP) is -0.0511. The monoisotopic (exact) mass is 208 g/mol. The van der Waals surface area contributed by atoms with Gasteiger partial charge in [0.15, 0.2) is 0 Å². The number of ether oxygens (including phenoxy) is 1. The van der Waals surface area contributed by atoms with E-state index in [1.165, 1.54) is 0 Å². The summed E-state index contributed by atoms with van der Waals surface area (Å²) in [6.45, 7) is 4.88. The molecule has 1 aliphatic heterocycles. The molecule has 1 aliphatic rings.